The van der Waals surface area contributed by atoms with Crippen LogP contribution in [-0.4, -0.2) is 55.3 Å². The van der Waals surface area contributed by atoms with E-state index >= 15 is 0 Å². The summed E-state index contributed by atoms with van der Waals surface area (Å²) < 4.78 is 5.80. The topological polar surface area (TPSA) is 63.6 Å². The van der Waals surface area contributed by atoms with Gasteiger partial charge in [-0.15, -0.1) is 0 Å². The van der Waals surface area contributed by atoms with E-state index in [1.165, 1.54) is 76.7 Å². The molecule has 0 radical (unpaired) electrons. The molecule has 204 valence electrons. The van der Waals surface area contributed by atoms with Crippen molar-refractivity contribution in [2.45, 2.75) is 96.5 Å². The largest absolute Gasteiger partial charge is 0.481 e. The van der Waals surface area contributed by atoms with Crippen molar-refractivity contribution in [2.75, 3.05) is 27.7 Å². The van der Waals surface area contributed by atoms with E-state index in [9.17, 15) is 9.59 Å². The summed E-state index contributed by atoms with van der Waals surface area (Å²) in [5, 5.41) is 9.01. The molecule has 0 fully saturated rings. The highest BCUT2D eigenvalue weighted by molar-refractivity contribution is 5.82. The zero-order valence-electron chi connectivity index (χ0n) is 23.4. The van der Waals surface area contributed by atoms with Crippen LogP contribution in [0.25, 0.3) is 0 Å². The number of ether oxygens (including phenoxy) is 1. The number of quaternary nitrogens is 1. The van der Waals surface area contributed by atoms with Crippen LogP contribution in [0.5, 0.6) is 0 Å². The van der Waals surface area contributed by atoms with Crippen LogP contribution >= 0.6 is 0 Å². The van der Waals surface area contributed by atoms with Gasteiger partial charge < -0.3 is 14.3 Å². The van der Waals surface area contributed by atoms with Gasteiger partial charge in [-0.1, -0.05) is 126 Å². The Morgan fingerprint density at radius 2 is 1.19 bits per heavy atom. The number of likely N-dealkylation sites (N-methyl/N-ethyl adjacent to an activating group) is 1. The Morgan fingerprint density at radius 1 is 0.722 bits per heavy atom. The molecule has 5 heteroatoms. The smallest absolute Gasteiger partial charge is 0.331 e. The van der Waals surface area contributed by atoms with Gasteiger partial charge in [-0.2, -0.15) is 0 Å². The molecule has 0 spiro atoms. The fourth-order valence-electron chi connectivity index (χ4n) is 3.77. The van der Waals surface area contributed by atoms with Gasteiger partial charge in [-0.25, -0.2) is 4.79 Å². The summed E-state index contributed by atoms with van der Waals surface area (Å²) in [6.07, 6.45) is 34.0. The van der Waals surface area contributed by atoms with Crippen molar-refractivity contribution >= 4 is 11.9 Å². The van der Waals surface area contributed by atoms with E-state index in [0.29, 0.717) is 11.0 Å². The van der Waals surface area contributed by atoms with Crippen LogP contribution in [0.15, 0.2) is 60.8 Å². The Labute approximate surface area is 220 Å². The molecule has 0 saturated heterocycles. The van der Waals surface area contributed by atoms with E-state index in [1.54, 1.807) is 12.2 Å². The van der Waals surface area contributed by atoms with Crippen molar-refractivity contribution in [2.24, 2.45) is 0 Å². The van der Waals surface area contributed by atoms with Crippen molar-refractivity contribution in [3.63, 3.8) is 0 Å². The highest BCUT2D eigenvalue weighted by atomic mass is 16.5. The Morgan fingerprint density at radius 3 is 1.69 bits per heavy atom. The third kappa shape index (κ3) is 26.2. The van der Waals surface area contributed by atoms with Crippen molar-refractivity contribution in [1.82, 2.24) is 0 Å². The molecule has 36 heavy (non-hydrogen) atoms. The maximum absolute atomic E-state index is 11.9. The van der Waals surface area contributed by atoms with Crippen molar-refractivity contribution in [3.8, 4) is 0 Å². The van der Waals surface area contributed by atoms with Gasteiger partial charge in [0.25, 0.3) is 0 Å². The molecule has 0 amide bonds. The maximum Gasteiger partial charge on any atom is 0.331 e. The lowest BCUT2D eigenvalue weighted by atomic mass is 10.1. The van der Waals surface area contributed by atoms with Crippen molar-refractivity contribution < 1.29 is 23.9 Å². The molecular weight excluding hydrogens is 450 g/mol. The van der Waals surface area contributed by atoms with E-state index in [2.05, 4.69) is 19.1 Å². The third-order valence-electron chi connectivity index (χ3n) is 5.56. The number of hydrogen-bond donors (Lipinski definition) is 1. The number of hydrogen-bond acceptors (Lipinski definition) is 3. The molecule has 0 aromatic carbocycles. The van der Waals surface area contributed by atoms with Gasteiger partial charge in [0, 0.05) is 6.08 Å². The van der Waals surface area contributed by atoms with E-state index in [1.807, 2.05) is 51.5 Å². The molecule has 0 rings (SSSR count). The summed E-state index contributed by atoms with van der Waals surface area (Å²) in [4.78, 5) is 22.9. The summed E-state index contributed by atoms with van der Waals surface area (Å²) in [6, 6.07) is 0. The molecule has 0 bridgehead atoms. The second-order valence-corrected chi connectivity index (χ2v) is 10.4. The fourth-order valence-corrected chi connectivity index (χ4v) is 3.77. The number of carbonyl (C=O) groups excluding carboxylic acids is 1. The first-order valence-electron chi connectivity index (χ1n) is 13.8. The van der Waals surface area contributed by atoms with E-state index in [-0.39, 0.29) is 6.42 Å². The summed E-state index contributed by atoms with van der Waals surface area (Å²) >= 11 is 0. The number of carboxylic acids is 1. The number of aliphatic carboxylic acids is 1. The van der Waals surface area contributed by atoms with E-state index < -0.39 is 18.0 Å². The van der Waals surface area contributed by atoms with Crippen molar-refractivity contribution in [1.29, 1.82) is 0 Å². The average molecular weight is 503 g/mol. The van der Waals surface area contributed by atoms with Crippen LogP contribution in [0.2, 0.25) is 0 Å². The van der Waals surface area contributed by atoms with Gasteiger partial charge in [0.15, 0.2) is 6.10 Å². The number of carboxylic acid groups (broad SMARTS) is 1. The summed E-state index contributed by atoms with van der Waals surface area (Å²) in [6.45, 7) is 2.70. The number of rotatable bonds is 22. The van der Waals surface area contributed by atoms with Gasteiger partial charge in [0.2, 0.25) is 0 Å². The minimum atomic E-state index is -0.979. The predicted octanol–water partition coefficient (Wildman–Crippen LogP) is 7.56. The second kappa shape index (κ2) is 23.0. The number of allylic oxidation sites excluding steroid dienone is 9. The number of unbranched alkanes of at least 4 members (excludes halogenated alkanes) is 11. The van der Waals surface area contributed by atoms with Crippen LogP contribution in [0, 0.1) is 0 Å². The van der Waals surface area contributed by atoms with Gasteiger partial charge in [0.05, 0.1) is 27.6 Å². The van der Waals surface area contributed by atoms with Crippen LogP contribution < -0.4 is 0 Å². The van der Waals surface area contributed by atoms with Gasteiger partial charge in [-0.05, 0) is 12.8 Å². The highest BCUT2D eigenvalue weighted by Crippen LogP contribution is 2.12. The molecule has 0 aliphatic carbocycles. The van der Waals surface area contributed by atoms with Crippen LogP contribution in [0.3, 0.4) is 0 Å². The number of carbonyl (C=O) groups is 2. The lowest BCUT2D eigenvalue weighted by Gasteiger charge is -2.28. The minimum absolute atomic E-state index is 0.201. The molecule has 0 aromatic heterocycles. The quantitative estimate of drug-likeness (QED) is 0.0545. The molecule has 1 N–H and O–H groups in total. The third-order valence-corrected chi connectivity index (χ3v) is 5.56. The maximum atomic E-state index is 11.9. The average Bonchev–Trinajstić information content (AvgIpc) is 2.78. The molecule has 5 nitrogen and oxygen atoms in total. The first-order chi connectivity index (χ1) is 17.2. The lowest BCUT2D eigenvalue weighted by molar-refractivity contribution is -0.873. The number of nitrogens with zero attached hydrogens (tertiary/aromatic N) is 1. The first-order valence-corrected chi connectivity index (χ1v) is 13.8. The van der Waals surface area contributed by atoms with Gasteiger partial charge >= 0.3 is 11.9 Å². The standard InChI is InChI=1S/C31H51NO4/c1-5-6-7-8-9-10-11-12-13-14-15-16-17-18-19-20-21-22-23-24-25-26-31(35)36-29(27-30(33)34)28-32(2,3)4/h17-26,29H,5-16,27-28H2,1-4H3/p+1. The SMILES string of the molecule is CCCCCCCCCCCCCC=CC=CC=CC=CC=CC(=O)OC(CC(=O)O)C[N+](C)(C)C. The Bertz CT molecular complexity index is 711. The van der Waals surface area contributed by atoms with E-state index in [4.69, 9.17) is 9.84 Å². The molecule has 0 aliphatic rings. The Balaban J connectivity index is 3.89. The minimum Gasteiger partial charge on any atom is -0.481 e. The molecule has 0 aliphatic heterocycles. The zero-order chi connectivity index (χ0) is 26.9. The van der Waals surface area contributed by atoms with Gasteiger partial charge in [-0.3, -0.25) is 4.79 Å². The predicted molar refractivity (Wildman–Crippen MR) is 152 cm³/mol. The normalized spacial score (nSPS) is 13.7. The molecule has 0 heterocycles. The monoisotopic (exact) mass is 502 g/mol. The fraction of sp³-hybridized carbons (Fsp3) is 0.613. The molecular formula is C31H52NO4+. The van der Waals surface area contributed by atoms with E-state index in [0.717, 1.165) is 6.42 Å². The van der Waals surface area contributed by atoms with Crippen LogP contribution in [-0.2, 0) is 14.3 Å². The Hall–Kier alpha value is -2.40. The summed E-state index contributed by atoms with van der Waals surface area (Å²) in [5.41, 5.74) is 0. The highest BCUT2D eigenvalue weighted by Gasteiger charge is 2.23. The zero-order valence-corrected chi connectivity index (χ0v) is 23.4. The first kappa shape index (κ1) is 33.6. The van der Waals surface area contributed by atoms with Crippen molar-refractivity contribution in [3.05, 3.63) is 60.8 Å². The van der Waals surface area contributed by atoms with Crippen LogP contribution in [0.4, 0.5) is 0 Å². The second-order valence-electron chi connectivity index (χ2n) is 10.4. The summed E-state index contributed by atoms with van der Waals surface area (Å²) in [7, 11) is 5.78. The Kier molecular flexibility index (Phi) is 21.5. The summed E-state index contributed by atoms with van der Waals surface area (Å²) in [5.74, 6) is -1.52. The molecule has 1 unspecified atom stereocenters. The van der Waals surface area contributed by atoms with Crippen LogP contribution in [0.1, 0.15) is 90.4 Å². The lowest BCUT2D eigenvalue weighted by Crippen LogP contribution is -2.43. The molecule has 0 aromatic rings. The number of esters is 1. The molecule has 0 saturated carbocycles. The van der Waals surface area contributed by atoms with Gasteiger partial charge in [0.1, 0.15) is 6.54 Å². The molecule has 1 atom stereocenters.